The van der Waals surface area contributed by atoms with Crippen LogP contribution in [0, 0.1) is 0 Å². The van der Waals surface area contributed by atoms with E-state index >= 15 is 0 Å². The summed E-state index contributed by atoms with van der Waals surface area (Å²) >= 11 is 0. The lowest BCUT2D eigenvalue weighted by atomic mass is 10.3. The zero-order chi connectivity index (χ0) is 11.3. The van der Waals surface area contributed by atoms with Gasteiger partial charge in [-0.1, -0.05) is 13.8 Å². The minimum Gasteiger partial charge on any atom is -0.382 e. The second-order valence-electron chi connectivity index (χ2n) is 4.13. The molecule has 0 aromatic carbocycles. The second-order valence-corrected chi connectivity index (χ2v) is 4.13. The summed E-state index contributed by atoms with van der Waals surface area (Å²) in [7, 11) is 1.71. The predicted octanol–water partition coefficient (Wildman–Crippen LogP) is 1.59. The van der Waals surface area contributed by atoms with Crippen molar-refractivity contribution in [1.29, 1.82) is 0 Å². The molecule has 86 valence electrons. The molecule has 15 heavy (non-hydrogen) atoms. The van der Waals surface area contributed by atoms with Crippen LogP contribution in [0.15, 0.2) is 12.3 Å². The van der Waals surface area contributed by atoms with Crippen LogP contribution in [-0.4, -0.2) is 29.5 Å². The maximum absolute atomic E-state index is 5.09. The Hall–Kier alpha value is -0.870. The van der Waals surface area contributed by atoms with E-state index in [2.05, 4.69) is 31.2 Å². The van der Waals surface area contributed by atoms with E-state index in [9.17, 15) is 0 Å². The maximum atomic E-state index is 5.09. The Bertz CT molecular complexity index is 283. The number of ether oxygens (including phenoxy) is 1. The van der Waals surface area contributed by atoms with E-state index in [0.717, 1.165) is 12.2 Å². The largest absolute Gasteiger partial charge is 0.382 e. The van der Waals surface area contributed by atoms with Gasteiger partial charge in [-0.2, -0.15) is 5.10 Å². The minimum absolute atomic E-state index is 0.294. The summed E-state index contributed by atoms with van der Waals surface area (Å²) in [4.78, 5) is 0. The van der Waals surface area contributed by atoms with Gasteiger partial charge < -0.3 is 10.1 Å². The summed E-state index contributed by atoms with van der Waals surface area (Å²) < 4.78 is 7.03. The van der Waals surface area contributed by atoms with Crippen molar-refractivity contribution >= 4 is 0 Å². The van der Waals surface area contributed by atoms with Gasteiger partial charge in [0.2, 0.25) is 0 Å². The SMILES string of the molecule is COCC(C)n1ccc(CNC(C)C)n1. The highest BCUT2D eigenvalue weighted by molar-refractivity contribution is 4.99. The monoisotopic (exact) mass is 211 g/mol. The molecule has 0 spiro atoms. The maximum Gasteiger partial charge on any atom is 0.0762 e. The predicted molar refractivity (Wildman–Crippen MR) is 60.8 cm³/mol. The van der Waals surface area contributed by atoms with E-state index in [0.29, 0.717) is 18.7 Å². The van der Waals surface area contributed by atoms with Gasteiger partial charge in [0.25, 0.3) is 0 Å². The summed E-state index contributed by atoms with van der Waals surface area (Å²) in [6, 6.07) is 2.83. The molecule has 1 aromatic rings. The van der Waals surface area contributed by atoms with E-state index in [1.807, 2.05) is 16.9 Å². The lowest BCUT2D eigenvalue weighted by molar-refractivity contribution is 0.156. The number of hydrogen-bond donors (Lipinski definition) is 1. The smallest absolute Gasteiger partial charge is 0.0762 e. The van der Waals surface area contributed by atoms with Crippen LogP contribution < -0.4 is 5.32 Å². The van der Waals surface area contributed by atoms with Gasteiger partial charge >= 0.3 is 0 Å². The molecule has 1 unspecified atom stereocenters. The van der Waals surface area contributed by atoms with Crippen molar-refractivity contribution in [3.05, 3.63) is 18.0 Å². The zero-order valence-electron chi connectivity index (χ0n) is 10.0. The van der Waals surface area contributed by atoms with Crippen LogP contribution in [0.2, 0.25) is 0 Å². The number of nitrogens with zero attached hydrogens (tertiary/aromatic N) is 2. The molecule has 1 aromatic heterocycles. The highest BCUT2D eigenvalue weighted by Gasteiger charge is 2.06. The first kappa shape index (κ1) is 12.2. The molecule has 4 heteroatoms. The Morgan fingerprint density at radius 2 is 2.20 bits per heavy atom. The quantitative estimate of drug-likeness (QED) is 0.776. The van der Waals surface area contributed by atoms with Crippen LogP contribution in [-0.2, 0) is 11.3 Å². The first-order chi connectivity index (χ1) is 7.13. The van der Waals surface area contributed by atoms with Crippen LogP contribution in [0.4, 0.5) is 0 Å². The number of nitrogens with one attached hydrogen (secondary N) is 1. The molecule has 0 amide bonds. The third-order valence-electron chi connectivity index (χ3n) is 2.21. The zero-order valence-corrected chi connectivity index (χ0v) is 10.0. The Morgan fingerprint density at radius 3 is 2.80 bits per heavy atom. The summed E-state index contributed by atoms with van der Waals surface area (Å²) in [5.74, 6) is 0. The lowest BCUT2D eigenvalue weighted by Gasteiger charge is -2.10. The Balaban J connectivity index is 2.48. The van der Waals surface area contributed by atoms with E-state index in [1.54, 1.807) is 7.11 Å². The summed E-state index contributed by atoms with van der Waals surface area (Å²) in [6.45, 7) is 7.87. The van der Waals surface area contributed by atoms with Crippen molar-refractivity contribution in [3.8, 4) is 0 Å². The molecular weight excluding hydrogens is 190 g/mol. The van der Waals surface area contributed by atoms with E-state index in [-0.39, 0.29) is 0 Å². The van der Waals surface area contributed by atoms with Crippen molar-refractivity contribution in [3.63, 3.8) is 0 Å². The summed E-state index contributed by atoms with van der Waals surface area (Å²) in [5, 5.41) is 7.81. The summed E-state index contributed by atoms with van der Waals surface area (Å²) in [5.41, 5.74) is 1.08. The molecule has 0 radical (unpaired) electrons. The molecule has 0 saturated carbocycles. The Kier molecular flexibility index (Phi) is 4.78. The molecule has 1 heterocycles. The molecule has 0 saturated heterocycles. The van der Waals surface area contributed by atoms with Crippen LogP contribution >= 0.6 is 0 Å². The molecular formula is C11H21N3O. The van der Waals surface area contributed by atoms with E-state index < -0.39 is 0 Å². The van der Waals surface area contributed by atoms with Gasteiger partial charge in [-0.15, -0.1) is 0 Å². The van der Waals surface area contributed by atoms with Gasteiger partial charge in [-0.05, 0) is 13.0 Å². The summed E-state index contributed by atoms with van der Waals surface area (Å²) in [6.07, 6.45) is 2.00. The molecule has 0 aliphatic carbocycles. The van der Waals surface area contributed by atoms with Gasteiger partial charge in [0.05, 0.1) is 18.3 Å². The average Bonchev–Trinajstić information content (AvgIpc) is 2.63. The molecule has 1 N–H and O–H groups in total. The topological polar surface area (TPSA) is 39.1 Å². The third kappa shape index (κ3) is 4.01. The Morgan fingerprint density at radius 1 is 1.47 bits per heavy atom. The third-order valence-corrected chi connectivity index (χ3v) is 2.21. The highest BCUT2D eigenvalue weighted by atomic mass is 16.5. The van der Waals surface area contributed by atoms with Crippen molar-refractivity contribution in [2.24, 2.45) is 0 Å². The number of methoxy groups -OCH3 is 1. The number of hydrogen-bond acceptors (Lipinski definition) is 3. The van der Waals surface area contributed by atoms with Gasteiger partial charge in [-0.25, -0.2) is 0 Å². The van der Waals surface area contributed by atoms with Crippen LogP contribution in [0.5, 0.6) is 0 Å². The lowest BCUT2D eigenvalue weighted by Crippen LogP contribution is -2.22. The van der Waals surface area contributed by atoms with Crippen molar-refractivity contribution in [1.82, 2.24) is 15.1 Å². The van der Waals surface area contributed by atoms with Crippen molar-refractivity contribution in [2.75, 3.05) is 13.7 Å². The van der Waals surface area contributed by atoms with Crippen LogP contribution in [0.1, 0.15) is 32.5 Å². The fraction of sp³-hybridized carbons (Fsp3) is 0.727. The molecule has 1 atom stereocenters. The first-order valence-corrected chi connectivity index (χ1v) is 5.40. The first-order valence-electron chi connectivity index (χ1n) is 5.40. The fourth-order valence-electron chi connectivity index (χ4n) is 1.34. The van der Waals surface area contributed by atoms with Crippen LogP contribution in [0.3, 0.4) is 0 Å². The van der Waals surface area contributed by atoms with Crippen molar-refractivity contribution < 1.29 is 4.74 Å². The molecule has 0 aliphatic heterocycles. The number of aromatic nitrogens is 2. The molecule has 0 fully saturated rings. The molecule has 0 aliphatic rings. The van der Waals surface area contributed by atoms with Crippen LogP contribution in [0.25, 0.3) is 0 Å². The highest BCUT2D eigenvalue weighted by Crippen LogP contribution is 2.05. The van der Waals surface area contributed by atoms with E-state index in [1.165, 1.54) is 0 Å². The molecule has 1 rings (SSSR count). The molecule has 4 nitrogen and oxygen atoms in total. The Labute approximate surface area is 91.6 Å². The molecule has 0 bridgehead atoms. The average molecular weight is 211 g/mol. The normalized spacial score (nSPS) is 13.4. The van der Waals surface area contributed by atoms with Crippen molar-refractivity contribution in [2.45, 2.75) is 39.4 Å². The van der Waals surface area contributed by atoms with Gasteiger partial charge in [0.1, 0.15) is 0 Å². The minimum atomic E-state index is 0.294. The van der Waals surface area contributed by atoms with Gasteiger partial charge in [0.15, 0.2) is 0 Å². The second kappa shape index (κ2) is 5.88. The standard InChI is InChI=1S/C11H21N3O/c1-9(2)12-7-11-5-6-14(13-11)10(3)8-15-4/h5-6,9-10,12H,7-8H2,1-4H3. The van der Waals surface area contributed by atoms with Gasteiger partial charge in [0, 0.05) is 25.9 Å². The number of rotatable bonds is 6. The van der Waals surface area contributed by atoms with Gasteiger partial charge in [-0.3, -0.25) is 4.68 Å². The van der Waals surface area contributed by atoms with E-state index in [4.69, 9.17) is 4.74 Å². The fourth-order valence-corrected chi connectivity index (χ4v) is 1.34.